The molecule has 0 aliphatic heterocycles. The summed E-state index contributed by atoms with van der Waals surface area (Å²) in [6.45, 7) is 2.44. The van der Waals surface area contributed by atoms with Crippen LogP contribution >= 0.6 is 11.3 Å². The molecule has 4 nitrogen and oxygen atoms in total. The molecule has 5 heteroatoms. The van der Waals surface area contributed by atoms with Gasteiger partial charge in [-0.3, -0.25) is 4.79 Å². The number of nitrogens with one attached hydrogen (secondary N) is 2. The molecule has 116 valence electrons. The van der Waals surface area contributed by atoms with Gasteiger partial charge in [-0.2, -0.15) is 0 Å². The van der Waals surface area contributed by atoms with Crippen LogP contribution in [-0.2, 0) is 6.54 Å². The number of amides is 1. The fourth-order valence-electron chi connectivity index (χ4n) is 2.77. The van der Waals surface area contributed by atoms with Crippen LogP contribution < -0.4 is 10.6 Å². The monoisotopic (exact) mass is 315 g/mol. The second-order valence-electron chi connectivity index (χ2n) is 5.73. The minimum absolute atomic E-state index is 0.0432. The fourth-order valence-corrected chi connectivity index (χ4v) is 3.73. The molecule has 1 aromatic heterocycles. The van der Waals surface area contributed by atoms with E-state index in [0.717, 1.165) is 16.4 Å². The summed E-state index contributed by atoms with van der Waals surface area (Å²) in [4.78, 5) is 17.5. The predicted molar refractivity (Wildman–Crippen MR) is 90.3 cm³/mol. The Morgan fingerprint density at radius 3 is 2.73 bits per heavy atom. The van der Waals surface area contributed by atoms with Crippen LogP contribution in [0.15, 0.2) is 30.3 Å². The molecule has 1 aliphatic rings. The molecule has 0 spiro atoms. The molecule has 1 saturated carbocycles. The largest absolute Gasteiger partial charge is 0.359 e. The van der Waals surface area contributed by atoms with Crippen molar-refractivity contribution in [1.29, 1.82) is 0 Å². The number of aryl methyl sites for hydroxylation is 1. The van der Waals surface area contributed by atoms with Gasteiger partial charge in [-0.05, 0) is 25.3 Å². The highest BCUT2D eigenvalue weighted by Gasteiger charge is 2.19. The standard InChI is InChI=1S/C17H21N3OS/c1-12-15(16(21)18-11-13-7-3-2-4-8-13)22-17(19-12)20-14-9-5-6-10-14/h2-4,7-8,14H,5-6,9-11H2,1H3,(H,18,21)(H,19,20). The van der Waals surface area contributed by atoms with Crippen LogP contribution in [-0.4, -0.2) is 16.9 Å². The van der Waals surface area contributed by atoms with E-state index in [2.05, 4.69) is 15.6 Å². The number of nitrogens with zero attached hydrogens (tertiary/aromatic N) is 1. The van der Waals surface area contributed by atoms with E-state index >= 15 is 0 Å². The van der Waals surface area contributed by atoms with E-state index in [9.17, 15) is 4.79 Å². The summed E-state index contributed by atoms with van der Waals surface area (Å²) in [5.41, 5.74) is 1.90. The van der Waals surface area contributed by atoms with E-state index in [-0.39, 0.29) is 5.91 Å². The number of aromatic nitrogens is 1. The number of hydrogen-bond acceptors (Lipinski definition) is 4. The Bertz CT molecular complexity index is 633. The lowest BCUT2D eigenvalue weighted by atomic mass is 10.2. The molecule has 0 radical (unpaired) electrons. The van der Waals surface area contributed by atoms with E-state index < -0.39 is 0 Å². The third-order valence-corrected chi connectivity index (χ3v) is 5.07. The molecule has 0 unspecified atom stereocenters. The number of carbonyl (C=O) groups excluding carboxylic acids is 1. The summed E-state index contributed by atoms with van der Waals surface area (Å²) in [5, 5.41) is 7.29. The van der Waals surface area contributed by atoms with Gasteiger partial charge in [-0.1, -0.05) is 54.5 Å². The Morgan fingerprint density at radius 1 is 1.27 bits per heavy atom. The van der Waals surface area contributed by atoms with Crippen LogP contribution in [0.4, 0.5) is 5.13 Å². The molecule has 1 amide bonds. The molecule has 1 aliphatic carbocycles. The highest BCUT2D eigenvalue weighted by molar-refractivity contribution is 7.17. The average molecular weight is 315 g/mol. The van der Waals surface area contributed by atoms with Gasteiger partial charge >= 0.3 is 0 Å². The van der Waals surface area contributed by atoms with Gasteiger partial charge in [-0.15, -0.1) is 0 Å². The van der Waals surface area contributed by atoms with E-state index in [1.54, 1.807) is 0 Å². The molecule has 0 bridgehead atoms. The Hall–Kier alpha value is -1.88. The first-order valence-corrected chi connectivity index (χ1v) is 8.60. The van der Waals surface area contributed by atoms with Gasteiger partial charge in [0.05, 0.1) is 5.69 Å². The van der Waals surface area contributed by atoms with Gasteiger partial charge < -0.3 is 10.6 Å². The van der Waals surface area contributed by atoms with Gasteiger partial charge in [0, 0.05) is 12.6 Å². The van der Waals surface area contributed by atoms with Crippen molar-refractivity contribution in [1.82, 2.24) is 10.3 Å². The number of thiazole rings is 1. The van der Waals surface area contributed by atoms with Crippen molar-refractivity contribution in [2.24, 2.45) is 0 Å². The van der Waals surface area contributed by atoms with Crippen LogP contribution in [0.5, 0.6) is 0 Å². The van der Waals surface area contributed by atoms with Gasteiger partial charge in [0.2, 0.25) is 0 Å². The van der Waals surface area contributed by atoms with Gasteiger partial charge in [0.1, 0.15) is 4.88 Å². The Kier molecular flexibility index (Phi) is 4.73. The highest BCUT2D eigenvalue weighted by atomic mass is 32.1. The van der Waals surface area contributed by atoms with E-state index in [1.165, 1.54) is 37.0 Å². The Labute approximate surface area is 135 Å². The first-order chi connectivity index (χ1) is 10.7. The molecule has 2 N–H and O–H groups in total. The lowest BCUT2D eigenvalue weighted by Gasteiger charge is -2.09. The molecule has 1 aromatic carbocycles. The molecular weight excluding hydrogens is 294 g/mol. The molecule has 1 heterocycles. The summed E-state index contributed by atoms with van der Waals surface area (Å²) in [7, 11) is 0. The zero-order valence-corrected chi connectivity index (χ0v) is 13.6. The molecular formula is C17H21N3OS. The van der Waals surface area contributed by atoms with Crippen molar-refractivity contribution in [2.45, 2.75) is 45.2 Å². The summed E-state index contributed by atoms with van der Waals surface area (Å²) >= 11 is 1.46. The van der Waals surface area contributed by atoms with Crippen LogP contribution in [0, 0.1) is 6.92 Å². The first-order valence-electron chi connectivity index (χ1n) is 7.78. The molecule has 0 atom stereocenters. The number of hydrogen-bond donors (Lipinski definition) is 2. The van der Waals surface area contributed by atoms with E-state index in [1.807, 2.05) is 37.3 Å². The van der Waals surface area contributed by atoms with Crippen molar-refractivity contribution < 1.29 is 4.79 Å². The van der Waals surface area contributed by atoms with Gasteiger partial charge in [-0.25, -0.2) is 4.98 Å². The third-order valence-electron chi connectivity index (χ3n) is 3.98. The quantitative estimate of drug-likeness (QED) is 0.884. The fraction of sp³-hybridized carbons (Fsp3) is 0.412. The lowest BCUT2D eigenvalue weighted by Crippen LogP contribution is -2.22. The van der Waals surface area contributed by atoms with Crippen molar-refractivity contribution >= 4 is 22.4 Å². The SMILES string of the molecule is Cc1nc(NC2CCCC2)sc1C(=O)NCc1ccccc1. The molecule has 0 saturated heterocycles. The zero-order chi connectivity index (χ0) is 15.4. The van der Waals surface area contributed by atoms with Crippen LogP contribution in [0.2, 0.25) is 0 Å². The van der Waals surface area contributed by atoms with Crippen LogP contribution in [0.25, 0.3) is 0 Å². The second-order valence-corrected chi connectivity index (χ2v) is 6.73. The van der Waals surface area contributed by atoms with Crippen molar-refractivity contribution in [3.05, 3.63) is 46.5 Å². The molecule has 2 aromatic rings. The summed E-state index contributed by atoms with van der Waals surface area (Å²) in [5.74, 6) is -0.0432. The highest BCUT2D eigenvalue weighted by Crippen LogP contribution is 2.27. The smallest absolute Gasteiger partial charge is 0.263 e. The Balaban J connectivity index is 1.61. The minimum Gasteiger partial charge on any atom is -0.359 e. The second kappa shape index (κ2) is 6.92. The maximum Gasteiger partial charge on any atom is 0.263 e. The molecule has 3 rings (SSSR count). The van der Waals surface area contributed by atoms with Crippen molar-refractivity contribution in [2.75, 3.05) is 5.32 Å². The normalized spacial score (nSPS) is 15.0. The van der Waals surface area contributed by atoms with Crippen molar-refractivity contribution in [3.8, 4) is 0 Å². The van der Waals surface area contributed by atoms with E-state index in [0.29, 0.717) is 17.5 Å². The average Bonchev–Trinajstić information content (AvgIpc) is 3.16. The topological polar surface area (TPSA) is 54.0 Å². The maximum absolute atomic E-state index is 12.3. The van der Waals surface area contributed by atoms with Crippen molar-refractivity contribution in [3.63, 3.8) is 0 Å². The van der Waals surface area contributed by atoms with Crippen LogP contribution in [0.3, 0.4) is 0 Å². The van der Waals surface area contributed by atoms with Gasteiger partial charge in [0.25, 0.3) is 5.91 Å². The minimum atomic E-state index is -0.0432. The number of carbonyl (C=O) groups is 1. The lowest BCUT2D eigenvalue weighted by molar-refractivity contribution is 0.0954. The number of anilines is 1. The number of benzene rings is 1. The van der Waals surface area contributed by atoms with Gasteiger partial charge in [0.15, 0.2) is 5.13 Å². The molecule has 1 fully saturated rings. The van der Waals surface area contributed by atoms with Crippen LogP contribution in [0.1, 0.15) is 46.6 Å². The first kappa shape index (κ1) is 15.0. The predicted octanol–water partition coefficient (Wildman–Crippen LogP) is 3.74. The maximum atomic E-state index is 12.3. The molecule has 22 heavy (non-hydrogen) atoms. The zero-order valence-electron chi connectivity index (χ0n) is 12.8. The summed E-state index contributed by atoms with van der Waals surface area (Å²) in [6, 6.07) is 10.5. The third kappa shape index (κ3) is 3.65. The summed E-state index contributed by atoms with van der Waals surface area (Å²) in [6.07, 6.45) is 4.97. The summed E-state index contributed by atoms with van der Waals surface area (Å²) < 4.78 is 0. The number of rotatable bonds is 5. The van der Waals surface area contributed by atoms with E-state index in [4.69, 9.17) is 0 Å². The Morgan fingerprint density at radius 2 is 2.00 bits per heavy atom.